The number of para-hydroxylation sites is 1. The summed E-state index contributed by atoms with van der Waals surface area (Å²) >= 11 is 6.29. The Morgan fingerprint density at radius 3 is 2.46 bits per heavy atom. The minimum Gasteiger partial charge on any atom is -0.496 e. The molecule has 2 aromatic heterocycles. The number of nitrogens with zero attached hydrogens (tertiary/aromatic N) is 4. The Bertz CT molecular complexity index is 2670. The van der Waals surface area contributed by atoms with Crippen LogP contribution in [0.2, 0.25) is 5.02 Å². The van der Waals surface area contributed by atoms with Gasteiger partial charge in [0.25, 0.3) is 0 Å². The number of esters is 1. The summed E-state index contributed by atoms with van der Waals surface area (Å²) in [6.07, 6.45) is 3.05. The fourth-order valence-electron chi connectivity index (χ4n) is 11.0. The minimum atomic E-state index is -5.30. The third-order valence-corrected chi connectivity index (χ3v) is 14.6. The number of aryl methyl sites for hydroxylation is 1. The standard InChI is InChI=1S/C53H58ClF3N6O6/c1-33(32-69-45-18-24-59-43-13-7-9-34(2)47(43)45)25-37-27-36-16-15-35(29-61-46(64)31-58-30-39-17-23-60-48(62-39)41-12-5-6-14-44(41)67-3)26-42(36)51(37)19-21-52(22-20-51,50(66)68-4)63(49(65)53(55,56)57)40-11-8-10-38(54)28-40/h5-6,8,10-12,14-18,23-24,26,28,33-34,37,58H,7,9,13,19-22,25,27,29-32H2,1-4H3,(H,61,64)/t33-,34-,37+,51?,52?/m1/s1. The molecule has 16 heteroatoms. The van der Waals surface area contributed by atoms with Gasteiger partial charge in [-0.2, -0.15) is 13.2 Å². The second-order valence-electron chi connectivity index (χ2n) is 18.8. The van der Waals surface area contributed by atoms with Crippen LogP contribution in [0.25, 0.3) is 11.4 Å². The maximum absolute atomic E-state index is 14.6. The number of hydrogen-bond donors (Lipinski definition) is 2. The molecule has 3 aliphatic rings. The van der Waals surface area contributed by atoms with Crippen LogP contribution in [0.15, 0.2) is 91.3 Å². The molecule has 2 amide bonds. The molecule has 0 bridgehead atoms. The van der Waals surface area contributed by atoms with E-state index in [1.807, 2.05) is 36.4 Å². The smallest absolute Gasteiger partial charge is 0.471 e. The molecule has 3 aliphatic carbocycles. The average Bonchev–Trinajstić information content (AvgIpc) is 3.63. The van der Waals surface area contributed by atoms with Gasteiger partial charge in [-0.3, -0.25) is 19.5 Å². The molecule has 0 saturated heterocycles. The molecule has 1 spiro atoms. The maximum Gasteiger partial charge on any atom is 0.471 e. The van der Waals surface area contributed by atoms with Crippen molar-refractivity contribution in [2.24, 2.45) is 11.8 Å². The molecule has 1 saturated carbocycles. The number of anilines is 1. The van der Waals surface area contributed by atoms with Crippen LogP contribution in [0, 0.1) is 11.8 Å². The number of ether oxygens (including phenoxy) is 3. The molecule has 1 fully saturated rings. The summed E-state index contributed by atoms with van der Waals surface area (Å²) in [6.45, 7) is 5.39. The number of halogens is 4. The van der Waals surface area contributed by atoms with Gasteiger partial charge in [0.15, 0.2) is 5.82 Å². The van der Waals surface area contributed by atoms with Gasteiger partial charge in [0.2, 0.25) is 5.91 Å². The lowest BCUT2D eigenvalue weighted by atomic mass is 9.59. The molecule has 5 aromatic rings. The summed E-state index contributed by atoms with van der Waals surface area (Å²) in [5.74, 6) is -0.873. The third kappa shape index (κ3) is 10.4. The maximum atomic E-state index is 14.6. The van der Waals surface area contributed by atoms with Crippen LogP contribution in [0.3, 0.4) is 0 Å². The fourth-order valence-corrected chi connectivity index (χ4v) is 11.2. The summed E-state index contributed by atoms with van der Waals surface area (Å²) in [5.41, 5.74) is 3.99. The van der Waals surface area contributed by atoms with Gasteiger partial charge in [-0.25, -0.2) is 14.8 Å². The molecule has 0 unspecified atom stereocenters. The van der Waals surface area contributed by atoms with Crippen molar-refractivity contribution in [2.45, 2.75) is 108 Å². The second kappa shape index (κ2) is 20.9. The van der Waals surface area contributed by atoms with Gasteiger partial charge in [-0.1, -0.05) is 61.8 Å². The van der Waals surface area contributed by atoms with E-state index in [0.717, 1.165) is 66.5 Å². The van der Waals surface area contributed by atoms with Crippen LogP contribution < -0.4 is 25.0 Å². The van der Waals surface area contributed by atoms with Gasteiger partial charge in [0, 0.05) is 47.5 Å². The van der Waals surface area contributed by atoms with Gasteiger partial charge in [-0.15, -0.1) is 0 Å². The molecule has 2 heterocycles. The lowest BCUT2D eigenvalue weighted by molar-refractivity contribution is -0.174. The van der Waals surface area contributed by atoms with E-state index >= 15 is 0 Å². The number of alkyl halides is 3. The molecular formula is C53H58ClF3N6O6. The summed E-state index contributed by atoms with van der Waals surface area (Å²) < 4.78 is 61.0. The zero-order valence-corrected chi connectivity index (χ0v) is 40.1. The van der Waals surface area contributed by atoms with Crippen molar-refractivity contribution >= 4 is 35.1 Å². The fraction of sp³-hybridized carbons (Fsp3) is 0.434. The summed E-state index contributed by atoms with van der Waals surface area (Å²) in [5, 5.41) is 6.31. The lowest BCUT2D eigenvalue weighted by Gasteiger charge is -2.51. The van der Waals surface area contributed by atoms with Crippen molar-refractivity contribution in [2.75, 3.05) is 32.3 Å². The van der Waals surface area contributed by atoms with E-state index in [4.69, 9.17) is 25.8 Å². The molecule has 8 rings (SSSR count). The Balaban J connectivity index is 1.02. The van der Waals surface area contributed by atoms with Crippen molar-refractivity contribution in [1.29, 1.82) is 0 Å². The zero-order valence-electron chi connectivity index (χ0n) is 39.3. The van der Waals surface area contributed by atoms with E-state index in [1.165, 1.54) is 29.8 Å². The van der Waals surface area contributed by atoms with Crippen LogP contribution in [-0.4, -0.2) is 71.8 Å². The van der Waals surface area contributed by atoms with Gasteiger partial charge < -0.3 is 24.8 Å². The van der Waals surface area contributed by atoms with Gasteiger partial charge in [0.05, 0.1) is 38.6 Å². The first-order valence-corrected chi connectivity index (χ1v) is 23.9. The monoisotopic (exact) mass is 966 g/mol. The quantitative estimate of drug-likeness (QED) is 0.0918. The summed E-state index contributed by atoms with van der Waals surface area (Å²) in [4.78, 5) is 55.0. The number of fused-ring (bicyclic) bond motifs is 3. The largest absolute Gasteiger partial charge is 0.496 e. The molecule has 3 aromatic carbocycles. The van der Waals surface area contributed by atoms with Crippen LogP contribution in [0.4, 0.5) is 18.9 Å². The van der Waals surface area contributed by atoms with E-state index in [1.54, 1.807) is 25.6 Å². The zero-order chi connectivity index (χ0) is 48.9. The molecule has 2 N–H and O–H groups in total. The third-order valence-electron chi connectivity index (χ3n) is 14.4. The first kappa shape index (κ1) is 49.4. The SMILES string of the molecule is COC(=O)C1(N(C(=O)C(F)(F)F)c2cccc(Cl)c2)CCC2(CC1)c1cc(CNC(=O)CNCc3ccnc(-c4ccccc4OC)n3)ccc1C[C@@H]2C[C@@H](C)COc1ccnc2c1[C@H](C)CCC2. The molecule has 0 aliphatic heterocycles. The highest BCUT2D eigenvalue weighted by Crippen LogP contribution is 2.57. The van der Waals surface area contributed by atoms with E-state index in [-0.39, 0.29) is 67.2 Å². The number of carbonyl (C=O) groups is 3. The van der Waals surface area contributed by atoms with Gasteiger partial charge in [0.1, 0.15) is 17.0 Å². The predicted octanol–water partition coefficient (Wildman–Crippen LogP) is 9.64. The highest BCUT2D eigenvalue weighted by molar-refractivity contribution is 6.31. The van der Waals surface area contributed by atoms with Crippen LogP contribution in [0.5, 0.6) is 11.5 Å². The topological polar surface area (TPSA) is 145 Å². The number of carbonyl (C=O) groups excluding carboxylic acids is 3. The van der Waals surface area contributed by atoms with Crippen molar-refractivity contribution < 1.29 is 41.8 Å². The Morgan fingerprint density at radius 2 is 1.71 bits per heavy atom. The van der Waals surface area contributed by atoms with E-state index in [2.05, 4.69) is 51.6 Å². The predicted molar refractivity (Wildman–Crippen MR) is 256 cm³/mol. The van der Waals surface area contributed by atoms with Crippen molar-refractivity contribution in [3.8, 4) is 22.9 Å². The first-order valence-electron chi connectivity index (χ1n) is 23.6. The number of methoxy groups -OCH3 is 2. The summed E-state index contributed by atoms with van der Waals surface area (Å²) in [7, 11) is 2.72. The molecule has 364 valence electrons. The van der Waals surface area contributed by atoms with E-state index < -0.39 is 29.0 Å². The van der Waals surface area contributed by atoms with Crippen molar-refractivity contribution in [1.82, 2.24) is 25.6 Å². The number of benzene rings is 3. The van der Waals surface area contributed by atoms with Gasteiger partial charge >= 0.3 is 18.1 Å². The highest BCUT2D eigenvalue weighted by Gasteiger charge is 2.60. The number of aromatic nitrogens is 3. The molecule has 69 heavy (non-hydrogen) atoms. The Hall–Kier alpha value is -6.06. The lowest BCUT2D eigenvalue weighted by Crippen LogP contribution is -2.63. The minimum absolute atomic E-state index is 0.0179. The summed E-state index contributed by atoms with van der Waals surface area (Å²) in [6, 6.07) is 22.9. The van der Waals surface area contributed by atoms with Crippen LogP contribution in [0.1, 0.15) is 98.4 Å². The number of rotatable bonds is 16. The normalized spacial score (nSPS) is 21.2. The highest BCUT2D eigenvalue weighted by atomic mass is 35.5. The average molecular weight is 968 g/mol. The van der Waals surface area contributed by atoms with E-state index in [0.29, 0.717) is 47.7 Å². The first-order chi connectivity index (χ1) is 33.2. The molecule has 12 nitrogen and oxygen atoms in total. The van der Waals surface area contributed by atoms with E-state index in [9.17, 15) is 27.6 Å². The molecular weight excluding hydrogens is 909 g/mol. The number of pyridine rings is 1. The molecule has 0 radical (unpaired) electrons. The van der Waals surface area contributed by atoms with Crippen molar-refractivity contribution in [3.63, 3.8) is 0 Å². The van der Waals surface area contributed by atoms with Crippen molar-refractivity contribution in [3.05, 3.63) is 130 Å². The Morgan fingerprint density at radius 1 is 0.928 bits per heavy atom. The number of amides is 2. The number of hydrogen-bond acceptors (Lipinski definition) is 10. The molecule has 3 atom stereocenters. The Labute approximate surface area is 405 Å². The Kier molecular flexibility index (Phi) is 14.9. The van der Waals surface area contributed by atoms with Crippen LogP contribution >= 0.6 is 11.6 Å². The second-order valence-corrected chi connectivity index (χ2v) is 19.2. The number of nitrogens with one attached hydrogen (secondary N) is 2. The van der Waals surface area contributed by atoms with Crippen LogP contribution in [-0.2, 0) is 50.5 Å². The van der Waals surface area contributed by atoms with Gasteiger partial charge in [-0.05, 0) is 140 Å².